The third-order valence-electron chi connectivity index (χ3n) is 6.00. The predicted octanol–water partition coefficient (Wildman–Crippen LogP) is 7.23. The highest BCUT2D eigenvalue weighted by molar-refractivity contribution is 5.24. The summed E-state index contributed by atoms with van der Waals surface area (Å²) in [7, 11) is 0. The molecule has 24 heavy (non-hydrogen) atoms. The lowest BCUT2D eigenvalue weighted by molar-refractivity contribution is 0.164. The second kappa shape index (κ2) is 8.92. The number of hydrogen-bond acceptors (Lipinski definition) is 0. The minimum Gasteiger partial charge on any atom is -0.204 e. The summed E-state index contributed by atoms with van der Waals surface area (Å²) in [5.74, 6) is -0.899. The Kier molecular flexibility index (Phi) is 7.18. The lowest BCUT2D eigenvalue weighted by Crippen LogP contribution is -2.25. The molecule has 0 nitrogen and oxygen atoms in total. The van der Waals surface area contributed by atoms with Crippen LogP contribution in [0.15, 0.2) is 12.1 Å². The van der Waals surface area contributed by atoms with Gasteiger partial charge in [0.1, 0.15) is 0 Å². The van der Waals surface area contributed by atoms with Gasteiger partial charge in [0.05, 0.1) is 0 Å². The molecule has 3 rings (SSSR count). The maximum absolute atomic E-state index is 13.9. The molecule has 1 aromatic rings. The summed E-state index contributed by atoms with van der Waals surface area (Å²) in [6.45, 7) is 6.33. The number of benzene rings is 1. The first-order chi connectivity index (χ1) is 11.6. The Labute approximate surface area is 144 Å². The lowest BCUT2D eigenvalue weighted by atomic mass is 9.68. The molecule has 2 saturated carbocycles. The van der Waals surface area contributed by atoms with E-state index in [0.29, 0.717) is 5.56 Å². The van der Waals surface area contributed by atoms with Gasteiger partial charge in [0, 0.05) is 0 Å². The monoisotopic (exact) mass is 340 g/mol. The first kappa shape index (κ1) is 19.3. The van der Waals surface area contributed by atoms with Gasteiger partial charge < -0.3 is 0 Å². The molecule has 0 unspecified atom stereocenters. The van der Waals surface area contributed by atoms with Crippen LogP contribution in [0.3, 0.4) is 0 Å². The predicted molar refractivity (Wildman–Crippen MR) is 93.5 cm³/mol. The molecule has 0 atom stereocenters. The van der Waals surface area contributed by atoms with Crippen LogP contribution in [0.1, 0.15) is 83.6 Å². The zero-order valence-electron chi connectivity index (χ0n) is 15.3. The van der Waals surface area contributed by atoms with Crippen LogP contribution in [0.4, 0.5) is 13.2 Å². The van der Waals surface area contributed by atoms with E-state index in [0.717, 1.165) is 49.5 Å². The fraction of sp³-hybridized carbons (Fsp3) is 0.714. The molecule has 0 amide bonds. The molecule has 2 aliphatic carbocycles. The molecule has 0 N–H and O–H groups in total. The lowest BCUT2D eigenvalue weighted by Gasteiger charge is -2.37. The van der Waals surface area contributed by atoms with Crippen LogP contribution >= 0.6 is 0 Å². The molecule has 0 heterocycles. The Hall–Kier alpha value is -0.990. The Balaban J connectivity index is 0.00000100. The Morgan fingerprint density at radius 1 is 0.708 bits per heavy atom. The van der Waals surface area contributed by atoms with Gasteiger partial charge in [-0.05, 0) is 73.8 Å². The Bertz CT molecular complexity index is 510. The van der Waals surface area contributed by atoms with Crippen molar-refractivity contribution in [1.82, 2.24) is 0 Å². The van der Waals surface area contributed by atoms with E-state index < -0.39 is 17.5 Å². The molecule has 0 bridgehead atoms. The van der Waals surface area contributed by atoms with Crippen LogP contribution in [-0.4, -0.2) is 0 Å². The summed E-state index contributed by atoms with van der Waals surface area (Å²) in [5.41, 5.74) is 0.370. The van der Waals surface area contributed by atoms with Crippen molar-refractivity contribution in [2.75, 3.05) is 0 Å². The molecular formula is C21H31F3. The van der Waals surface area contributed by atoms with Crippen LogP contribution in [0, 0.1) is 35.2 Å². The summed E-state index contributed by atoms with van der Waals surface area (Å²) in [6.07, 6.45) is 9.33. The number of rotatable bonds is 2. The molecule has 136 valence electrons. The zero-order chi connectivity index (χ0) is 17.7. The normalized spacial score (nSPS) is 30.4. The average Bonchev–Trinajstić information content (AvgIpc) is 2.63. The molecule has 0 spiro atoms. The van der Waals surface area contributed by atoms with Crippen molar-refractivity contribution in [3.05, 3.63) is 35.1 Å². The van der Waals surface area contributed by atoms with Gasteiger partial charge in [-0.25, -0.2) is 13.2 Å². The molecule has 2 aliphatic rings. The summed E-state index contributed by atoms with van der Waals surface area (Å²) in [6, 6.07) is 2.49. The highest BCUT2D eigenvalue weighted by Gasteiger charge is 2.31. The molecule has 0 aliphatic heterocycles. The van der Waals surface area contributed by atoms with Gasteiger partial charge in [0.25, 0.3) is 0 Å². The van der Waals surface area contributed by atoms with E-state index in [1.165, 1.54) is 31.7 Å². The van der Waals surface area contributed by atoms with E-state index in [-0.39, 0.29) is 5.92 Å². The minimum atomic E-state index is -1.32. The summed E-state index contributed by atoms with van der Waals surface area (Å²) >= 11 is 0. The van der Waals surface area contributed by atoms with Crippen LogP contribution in [0.2, 0.25) is 0 Å². The minimum absolute atomic E-state index is 0.0499. The Morgan fingerprint density at radius 2 is 1.21 bits per heavy atom. The number of hydrogen-bond donors (Lipinski definition) is 0. The smallest absolute Gasteiger partial charge is 0.194 e. The van der Waals surface area contributed by atoms with Crippen molar-refractivity contribution in [3.63, 3.8) is 0 Å². The van der Waals surface area contributed by atoms with E-state index in [1.54, 1.807) is 0 Å². The Morgan fingerprint density at radius 3 is 1.75 bits per heavy atom. The van der Waals surface area contributed by atoms with E-state index in [4.69, 9.17) is 0 Å². The molecular weight excluding hydrogens is 309 g/mol. The summed E-state index contributed by atoms with van der Waals surface area (Å²) < 4.78 is 40.4. The fourth-order valence-electron chi connectivity index (χ4n) is 4.52. The van der Waals surface area contributed by atoms with Crippen LogP contribution in [0.25, 0.3) is 0 Å². The SMILES string of the molecule is CC.CC1CCC(C2CCC(c3ccc(F)c(F)c3F)CC2)CC1. The van der Waals surface area contributed by atoms with Crippen molar-refractivity contribution < 1.29 is 13.2 Å². The standard InChI is InChI=1S/C19H25F3.C2H6/c1-12-2-4-13(5-3-12)14-6-8-15(9-7-14)16-10-11-17(20)19(22)18(16)21;1-2/h10-15H,2-9H2,1H3;1-2H3. The van der Waals surface area contributed by atoms with Crippen LogP contribution in [-0.2, 0) is 0 Å². The molecule has 0 saturated heterocycles. The van der Waals surface area contributed by atoms with Gasteiger partial charge in [-0.15, -0.1) is 0 Å². The van der Waals surface area contributed by atoms with Gasteiger partial charge in [0.2, 0.25) is 0 Å². The first-order valence-corrected chi connectivity index (χ1v) is 9.69. The molecule has 0 aromatic heterocycles. The van der Waals surface area contributed by atoms with Gasteiger partial charge in [-0.2, -0.15) is 0 Å². The van der Waals surface area contributed by atoms with Crippen molar-refractivity contribution in [2.45, 2.75) is 78.1 Å². The highest BCUT2D eigenvalue weighted by atomic mass is 19.2. The molecule has 1 aromatic carbocycles. The van der Waals surface area contributed by atoms with Crippen molar-refractivity contribution in [2.24, 2.45) is 17.8 Å². The quantitative estimate of drug-likeness (QED) is 0.498. The van der Waals surface area contributed by atoms with E-state index in [2.05, 4.69) is 6.92 Å². The van der Waals surface area contributed by atoms with Crippen molar-refractivity contribution >= 4 is 0 Å². The highest BCUT2D eigenvalue weighted by Crippen LogP contribution is 2.44. The summed E-state index contributed by atoms with van der Waals surface area (Å²) in [4.78, 5) is 0. The fourth-order valence-corrected chi connectivity index (χ4v) is 4.52. The summed E-state index contributed by atoms with van der Waals surface area (Å²) in [5, 5.41) is 0. The van der Waals surface area contributed by atoms with Crippen molar-refractivity contribution in [1.29, 1.82) is 0 Å². The third-order valence-corrected chi connectivity index (χ3v) is 6.00. The van der Waals surface area contributed by atoms with Gasteiger partial charge in [-0.1, -0.05) is 39.7 Å². The van der Waals surface area contributed by atoms with Gasteiger partial charge >= 0.3 is 0 Å². The van der Waals surface area contributed by atoms with E-state index >= 15 is 0 Å². The maximum atomic E-state index is 13.9. The van der Waals surface area contributed by atoms with Crippen molar-refractivity contribution in [3.8, 4) is 0 Å². The second-order valence-electron chi connectivity index (χ2n) is 7.40. The molecule has 2 fully saturated rings. The second-order valence-corrected chi connectivity index (χ2v) is 7.40. The zero-order valence-corrected chi connectivity index (χ0v) is 15.3. The third kappa shape index (κ3) is 4.34. The topological polar surface area (TPSA) is 0 Å². The van der Waals surface area contributed by atoms with Crippen LogP contribution in [0.5, 0.6) is 0 Å². The average molecular weight is 340 g/mol. The molecule has 3 heteroatoms. The number of halogens is 3. The first-order valence-electron chi connectivity index (χ1n) is 9.69. The van der Waals surface area contributed by atoms with E-state index in [9.17, 15) is 13.2 Å². The van der Waals surface area contributed by atoms with E-state index in [1.807, 2.05) is 13.8 Å². The van der Waals surface area contributed by atoms with Gasteiger partial charge in [-0.3, -0.25) is 0 Å². The largest absolute Gasteiger partial charge is 0.204 e. The van der Waals surface area contributed by atoms with Crippen LogP contribution < -0.4 is 0 Å². The molecule has 0 radical (unpaired) electrons. The maximum Gasteiger partial charge on any atom is 0.194 e. The van der Waals surface area contributed by atoms with Gasteiger partial charge in [0.15, 0.2) is 17.5 Å².